The monoisotopic (exact) mass is 355 g/mol. The molecular formula is C21H29N3O2. The van der Waals surface area contributed by atoms with Crippen molar-refractivity contribution in [3.8, 4) is 0 Å². The number of nitrogens with one attached hydrogen (secondary N) is 1. The summed E-state index contributed by atoms with van der Waals surface area (Å²) in [6, 6.07) is 13.2. The quantitative estimate of drug-likeness (QED) is 0.644. The van der Waals surface area contributed by atoms with E-state index in [0.717, 1.165) is 11.1 Å². The number of amides is 1. The second kappa shape index (κ2) is 10.0. The van der Waals surface area contributed by atoms with Crippen molar-refractivity contribution in [2.45, 2.75) is 45.4 Å². The van der Waals surface area contributed by atoms with Gasteiger partial charge < -0.3 is 16.2 Å². The highest BCUT2D eigenvalue weighted by molar-refractivity contribution is 5.78. The molecule has 1 aromatic carbocycles. The SMILES string of the molecule is CC(C)[C@@H](C[C@H](O)[C@@H](N)Cc1ccccc1)C(=O)NCc1cccnc1. The van der Waals surface area contributed by atoms with E-state index in [1.54, 1.807) is 12.4 Å². The number of pyridine rings is 1. The third-order valence-corrected chi connectivity index (χ3v) is 4.63. The van der Waals surface area contributed by atoms with Crippen molar-refractivity contribution >= 4 is 5.91 Å². The smallest absolute Gasteiger partial charge is 0.223 e. The van der Waals surface area contributed by atoms with Crippen LogP contribution in [0.2, 0.25) is 0 Å². The van der Waals surface area contributed by atoms with Gasteiger partial charge >= 0.3 is 0 Å². The molecule has 1 aromatic heterocycles. The molecule has 2 aromatic rings. The van der Waals surface area contributed by atoms with Crippen LogP contribution < -0.4 is 11.1 Å². The zero-order valence-electron chi connectivity index (χ0n) is 15.5. The molecule has 0 saturated heterocycles. The van der Waals surface area contributed by atoms with Gasteiger partial charge in [0.15, 0.2) is 0 Å². The predicted octanol–water partition coefficient (Wildman–Crippen LogP) is 2.29. The first-order valence-electron chi connectivity index (χ1n) is 9.11. The predicted molar refractivity (Wildman–Crippen MR) is 103 cm³/mol. The largest absolute Gasteiger partial charge is 0.391 e. The molecule has 1 heterocycles. The Morgan fingerprint density at radius 3 is 2.46 bits per heavy atom. The Labute approximate surface area is 155 Å². The van der Waals surface area contributed by atoms with Crippen LogP contribution in [0.3, 0.4) is 0 Å². The van der Waals surface area contributed by atoms with Gasteiger partial charge in [-0.2, -0.15) is 0 Å². The van der Waals surface area contributed by atoms with Crippen LogP contribution in [0.4, 0.5) is 0 Å². The molecule has 26 heavy (non-hydrogen) atoms. The number of nitrogens with two attached hydrogens (primary N) is 1. The summed E-state index contributed by atoms with van der Waals surface area (Å²) in [5, 5.41) is 13.5. The van der Waals surface area contributed by atoms with Gasteiger partial charge in [-0.1, -0.05) is 50.2 Å². The van der Waals surface area contributed by atoms with Gasteiger partial charge in [0.25, 0.3) is 0 Å². The number of benzene rings is 1. The van der Waals surface area contributed by atoms with Crippen molar-refractivity contribution in [3.63, 3.8) is 0 Å². The Morgan fingerprint density at radius 1 is 1.15 bits per heavy atom. The number of carbonyl (C=O) groups excluding carboxylic acids is 1. The first-order valence-corrected chi connectivity index (χ1v) is 9.11. The van der Waals surface area contributed by atoms with E-state index in [1.165, 1.54) is 0 Å². The van der Waals surface area contributed by atoms with Crippen LogP contribution in [0.5, 0.6) is 0 Å². The highest BCUT2D eigenvalue weighted by atomic mass is 16.3. The van der Waals surface area contributed by atoms with Crippen LogP contribution in [0.25, 0.3) is 0 Å². The van der Waals surface area contributed by atoms with Crippen LogP contribution >= 0.6 is 0 Å². The molecule has 0 aliphatic heterocycles. The van der Waals surface area contributed by atoms with Gasteiger partial charge in [-0.05, 0) is 36.0 Å². The number of rotatable bonds is 9. The molecule has 0 radical (unpaired) electrons. The Morgan fingerprint density at radius 2 is 1.85 bits per heavy atom. The fourth-order valence-electron chi connectivity index (χ4n) is 2.96. The number of aliphatic hydroxyl groups excluding tert-OH is 1. The molecule has 0 saturated carbocycles. The van der Waals surface area contributed by atoms with Gasteiger partial charge in [-0.25, -0.2) is 0 Å². The summed E-state index contributed by atoms with van der Waals surface area (Å²) < 4.78 is 0. The van der Waals surface area contributed by atoms with E-state index in [2.05, 4.69) is 10.3 Å². The van der Waals surface area contributed by atoms with Crippen LogP contribution in [-0.4, -0.2) is 28.1 Å². The topological polar surface area (TPSA) is 88.2 Å². The van der Waals surface area contributed by atoms with Crippen molar-refractivity contribution in [1.29, 1.82) is 0 Å². The number of aliphatic hydroxyl groups is 1. The molecule has 0 aliphatic carbocycles. The normalized spacial score (nSPS) is 14.7. The number of aromatic nitrogens is 1. The first kappa shape index (κ1) is 20.1. The van der Waals surface area contributed by atoms with Gasteiger partial charge in [0.1, 0.15) is 0 Å². The van der Waals surface area contributed by atoms with Crippen molar-refractivity contribution in [3.05, 3.63) is 66.0 Å². The van der Waals surface area contributed by atoms with Crippen molar-refractivity contribution in [2.75, 3.05) is 0 Å². The lowest BCUT2D eigenvalue weighted by Gasteiger charge is -2.26. The third kappa shape index (κ3) is 6.24. The molecule has 5 heteroatoms. The van der Waals surface area contributed by atoms with Gasteiger partial charge in [-0.3, -0.25) is 9.78 Å². The minimum atomic E-state index is -0.730. The summed E-state index contributed by atoms with van der Waals surface area (Å²) in [6.07, 6.45) is 3.64. The van der Waals surface area contributed by atoms with Crippen LogP contribution in [0.1, 0.15) is 31.4 Å². The van der Waals surface area contributed by atoms with Gasteiger partial charge in [0, 0.05) is 30.9 Å². The Kier molecular flexibility index (Phi) is 7.75. The summed E-state index contributed by atoms with van der Waals surface area (Å²) in [5.74, 6) is -0.235. The Balaban J connectivity index is 1.90. The van der Waals surface area contributed by atoms with E-state index < -0.39 is 12.1 Å². The maximum atomic E-state index is 12.6. The average molecular weight is 355 g/mol. The van der Waals surface area contributed by atoms with Crippen LogP contribution in [0.15, 0.2) is 54.9 Å². The molecule has 140 valence electrons. The van der Waals surface area contributed by atoms with Crippen LogP contribution in [-0.2, 0) is 17.8 Å². The standard InChI is InChI=1S/C21H29N3O2/c1-15(2)18(21(26)24-14-17-9-6-10-23-13-17)12-20(25)19(22)11-16-7-4-3-5-8-16/h3-10,13,15,18-20,25H,11-12,14,22H2,1-2H3,(H,24,26)/t18-,19+,20+/m1/s1. The van der Waals surface area contributed by atoms with Gasteiger partial charge in [0.05, 0.1) is 6.10 Å². The van der Waals surface area contributed by atoms with Crippen molar-refractivity contribution in [2.24, 2.45) is 17.6 Å². The summed E-state index contributed by atoms with van der Waals surface area (Å²) in [7, 11) is 0. The van der Waals surface area contributed by atoms with E-state index >= 15 is 0 Å². The lowest BCUT2D eigenvalue weighted by Crippen LogP contribution is -2.42. The lowest BCUT2D eigenvalue weighted by atomic mass is 9.86. The molecule has 3 atom stereocenters. The second-order valence-electron chi connectivity index (χ2n) is 7.09. The first-order chi connectivity index (χ1) is 12.5. The third-order valence-electron chi connectivity index (χ3n) is 4.63. The molecule has 0 fully saturated rings. The zero-order valence-corrected chi connectivity index (χ0v) is 15.5. The second-order valence-corrected chi connectivity index (χ2v) is 7.09. The summed E-state index contributed by atoms with van der Waals surface area (Å²) in [6.45, 7) is 4.41. The average Bonchev–Trinajstić information content (AvgIpc) is 2.65. The van der Waals surface area contributed by atoms with E-state index in [4.69, 9.17) is 5.73 Å². The van der Waals surface area contributed by atoms with E-state index in [-0.39, 0.29) is 17.7 Å². The number of hydrogen-bond acceptors (Lipinski definition) is 4. The molecule has 0 bridgehead atoms. The summed E-state index contributed by atoms with van der Waals surface area (Å²) in [4.78, 5) is 16.6. The van der Waals surface area contributed by atoms with Gasteiger partial charge in [-0.15, -0.1) is 0 Å². The molecule has 2 rings (SSSR count). The number of nitrogens with zero attached hydrogens (tertiary/aromatic N) is 1. The fraction of sp³-hybridized carbons (Fsp3) is 0.429. The molecule has 4 N–H and O–H groups in total. The maximum Gasteiger partial charge on any atom is 0.223 e. The molecule has 0 aliphatic rings. The fourth-order valence-corrected chi connectivity index (χ4v) is 2.96. The van der Waals surface area contributed by atoms with Crippen molar-refractivity contribution < 1.29 is 9.90 Å². The molecule has 5 nitrogen and oxygen atoms in total. The molecule has 1 amide bonds. The van der Waals surface area contributed by atoms with Crippen molar-refractivity contribution in [1.82, 2.24) is 10.3 Å². The van der Waals surface area contributed by atoms with E-state index in [9.17, 15) is 9.90 Å². The molecule has 0 spiro atoms. The minimum Gasteiger partial charge on any atom is -0.391 e. The number of carbonyl (C=O) groups is 1. The highest BCUT2D eigenvalue weighted by Gasteiger charge is 2.27. The molecular weight excluding hydrogens is 326 g/mol. The zero-order chi connectivity index (χ0) is 18.9. The van der Waals surface area contributed by atoms with E-state index in [1.807, 2.05) is 56.3 Å². The maximum absolute atomic E-state index is 12.6. The lowest BCUT2D eigenvalue weighted by molar-refractivity contribution is -0.127. The summed E-state index contributed by atoms with van der Waals surface area (Å²) in [5.41, 5.74) is 8.21. The summed E-state index contributed by atoms with van der Waals surface area (Å²) >= 11 is 0. The van der Waals surface area contributed by atoms with E-state index in [0.29, 0.717) is 19.4 Å². The number of hydrogen-bond donors (Lipinski definition) is 3. The Bertz CT molecular complexity index is 661. The van der Waals surface area contributed by atoms with Gasteiger partial charge in [0.2, 0.25) is 5.91 Å². The van der Waals surface area contributed by atoms with Crippen LogP contribution in [0, 0.1) is 11.8 Å². The minimum absolute atomic E-state index is 0.0604. The molecule has 0 unspecified atom stereocenters. The Hall–Kier alpha value is -2.24. The highest BCUT2D eigenvalue weighted by Crippen LogP contribution is 2.20.